The van der Waals surface area contributed by atoms with Crippen LogP contribution in [0.15, 0.2) is 65.4 Å². The van der Waals surface area contributed by atoms with Crippen LogP contribution in [0.4, 0.5) is 17.3 Å². The number of aromatic nitrogens is 2. The summed E-state index contributed by atoms with van der Waals surface area (Å²) in [5.41, 5.74) is 1.84. The van der Waals surface area contributed by atoms with Gasteiger partial charge in [-0.1, -0.05) is 18.2 Å². The van der Waals surface area contributed by atoms with Gasteiger partial charge in [0.1, 0.15) is 5.75 Å². The first kappa shape index (κ1) is 16.9. The molecule has 0 bridgehead atoms. The van der Waals surface area contributed by atoms with E-state index in [4.69, 9.17) is 4.74 Å². The summed E-state index contributed by atoms with van der Waals surface area (Å²) in [6, 6.07) is 14.8. The van der Waals surface area contributed by atoms with Gasteiger partial charge in [-0.3, -0.25) is 4.79 Å². The van der Waals surface area contributed by atoms with Crippen LogP contribution in [0.1, 0.15) is 10.4 Å². The van der Waals surface area contributed by atoms with Gasteiger partial charge in [-0.05, 0) is 40.2 Å². The van der Waals surface area contributed by atoms with Gasteiger partial charge in [0, 0.05) is 28.6 Å². The monoisotopic (exact) mass is 398 g/mol. The summed E-state index contributed by atoms with van der Waals surface area (Å²) in [5.74, 6) is 0.785. The molecular formula is C18H15BrN4O2. The van der Waals surface area contributed by atoms with Gasteiger partial charge in [0.25, 0.3) is 5.91 Å². The summed E-state index contributed by atoms with van der Waals surface area (Å²) in [5, 5.41) is 5.87. The molecule has 0 saturated heterocycles. The second-order valence-electron chi connectivity index (χ2n) is 5.09. The van der Waals surface area contributed by atoms with Crippen molar-refractivity contribution in [2.24, 2.45) is 0 Å². The highest BCUT2D eigenvalue weighted by Gasteiger charge is 2.09. The van der Waals surface area contributed by atoms with Crippen molar-refractivity contribution < 1.29 is 9.53 Å². The fourth-order valence-corrected chi connectivity index (χ4v) is 2.48. The smallest absolute Gasteiger partial charge is 0.258 e. The van der Waals surface area contributed by atoms with Crippen LogP contribution in [0.3, 0.4) is 0 Å². The fourth-order valence-electron chi connectivity index (χ4n) is 2.10. The Bertz CT molecular complexity index is 884. The average Bonchev–Trinajstić information content (AvgIpc) is 2.64. The summed E-state index contributed by atoms with van der Waals surface area (Å²) in [4.78, 5) is 20.6. The molecule has 0 radical (unpaired) electrons. The van der Waals surface area contributed by atoms with E-state index in [0.29, 0.717) is 22.9 Å². The highest BCUT2D eigenvalue weighted by Crippen LogP contribution is 2.23. The van der Waals surface area contributed by atoms with Crippen LogP contribution in [-0.2, 0) is 0 Å². The van der Waals surface area contributed by atoms with Gasteiger partial charge in [0.05, 0.1) is 18.4 Å². The van der Waals surface area contributed by atoms with Crippen molar-refractivity contribution in [1.29, 1.82) is 0 Å². The predicted molar refractivity (Wildman–Crippen MR) is 100 cm³/mol. The molecular weight excluding hydrogens is 384 g/mol. The molecule has 0 aliphatic carbocycles. The van der Waals surface area contributed by atoms with Crippen LogP contribution in [0.5, 0.6) is 5.75 Å². The number of anilines is 3. The van der Waals surface area contributed by atoms with Crippen LogP contribution in [-0.4, -0.2) is 23.0 Å². The van der Waals surface area contributed by atoms with Crippen molar-refractivity contribution >= 4 is 39.2 Å². The maximum atomic E-state index is 12.3. The van der Waals surface area contributed by atoms with Gasteiger partial charge in [-0.2, -0.15) is 0 Å². The lowest BCUT2D eigenvalue weighted by atomic mass is 10.2. The maximum Gasteiger partial charge on any atom is 0.258 e. The summed E-state index contributed by atoms with van der Waals surface area (Å²) < 4.78 is 6.04. The van der Waals surface area contributed by atoms with Gasteiger partial charge < -0.3 is 15.4 Å². The van der Waals surface area contributed by atoms with Gasteiger partial charge in [-0.25, -0.2) is 9.97 Å². The van der Waals surface area contributed by atoms with Crippen molar-refractivity contribution in [3.63, 3.8) is 0 Å². The zero-order valence-corrected chi connectivity index (χ0v) is 14.9. The third-order valence-corrected chi connectivity index (χ3v) is 4.05. The molecule has 0 atom stereocenters. The van der Waals surface area contributed by atoms with Gasteiger partial charge in [-0.15, -0.1) is 0 Å². The topological polar surface area (TPSA) is 76.1 Å². The van der Waals surface area contributed by atoms with E-state index in [1.165, 1.54) is 12.4 Å². The second kappa shape index (κ2) is 7.76. The number of carbonyl (C=O) groups excluding carboxylic acids is 1. The second-order valence-corrected chi connectivity index (χ2v) is 5.94. The quantitative estimate of drug-likeness (QED) is 0.671. The van der Waals surface area contributed by atoms with Gasteiger partial charge in [0.2, 0.25) is 5.95 Å². The Labute approximate surface area is 153 Å². The molecule has 3 aromatic rings. The molecule has 7 heteroatoms. The van der Waals surface area contributed by atoms with E-state index in [-0.39, 0.29) is 5.91 Å². The number of para-hydroxylation sites is 1. The number of rotatable bonds is 5. The number of benzene rings is 2. The molecule has 3 rings (SSSR count). The Morgan fingerprint density at radius 1 is 1.08 bits per heavy atom. The Balaban J connectivity index is 1.69. The number of carbonyl (C=O) groups is 1. The van der Waals surface area contributed by atoms with Crippen LogP contribution in [0, 0.1) is 0 Å². The third-order valence-electron chi connectivity index (χ3n) is 3.36. The number of ether oxygens (including phenoxy) is 1. The number of nitrogens with zero attached hydrogens (tertiary/aromatic N) is 2. The average molecular weight is 399 g/mol. The molecule has 0 fully saturated rings. The molecule has 1 amide bonds. The minimum atomic E-state index is -0.291. The fraction of sp³-hybridized carbons (Fsp3) is 0.0556. The number of methoxy groups -OCH3 is 1. The lowest BCUT2D eigenvalue weighted by molar-refractivity contribution is 0.102. The molecule has 25 heavy (non-hydrogen) atoms. The van der Waals surface area contributed by atoms with Crippen molar-refractivity contribution in [2.75, 3.05) is 17.7 Å². The van der Waals surface area contributed by atoms with E-state index in [0.717, 1.165) is 10.2 Å². The first-order valence-corrected chi connectivity index (χ1v) is 8.24. The zero-order chi connectivity index (χ0) is 17.6. The van der Waals surface area contributed by atoms with Crippen LogP contribution in [0.25, 0.3) is 0 Å². The van der Waals surface area contributed by atoms with Gasteiger partial charge in [0.15, 0.2) is 0 Å². The molecule has 6 nitrogen and oxygen atoms in total. The van der Waals surface area contributed by atoms with E-state index < -0.39 is 0 Å². The molecule has 0 aliphatic heterocycles. The SMILES string of the molecule is COc1cccc(NC(=O)c2cnc(Nc3ccccc3Br)nc2)c1. The minimum absolute atomic E-state index is 0.291. The van der Waals surface area contributed by atoms with Crippen molar-refractivity contribution in [3.8, 4) is 5.75 Å². The molecule has 0 aliphatic rings. The van der Waals surface area contributed by atoms with E-state index in [2.05, 4.69) is 36.5 Å². The zero-order valence-electron chi connectivity index (χ0n) is 13.4. The molecule has 0 unspecified atom stereocenters. The molecule has 2 N–H and O–H groups in total. The largest absolute Gasteiger partial charge is 0.497 e. The Morgan fingerprint density at radius 2 is 1.84 bits per heavy atom. The van der Waals surface area contributed by atoms with Crippen LogP contribution in [0.2, 0.25) is 0 Å². The summed E-state index contributed by atoms with van der Waals surface area (Å²) in [6.07, 6.45) is 2.95. The van der Waals surface area contributed by atoms with Crippen LogP contribution < -0.4 is 15.4 Å². The Hall–Kier alpha value is -2.93. The number of hydrogen-bond donors (Lipinski definition) is 2. The standard InChI is InChI=1S/C18H15BrN4O2/c1-25-14-6-4-5-13(9-14)22-17(24)12-10-20-18(21-11-12)23-16-8-3-2-7-15(16)19/h2-11H,1H3,(H,22,24)(H,20,21,23). The minimum Gasteiger partial charge on any atom is -0.497 e. The lowest BCUT2D eigenvalue weighted by Gasteiger charge is -2.08. The highest BCUT2D eigenvalue weighted by atomic mass is 79.9. The van der Waals surface area contributed by atoms with Crippen LogP contribution >= 0.6 is 15.9 Å². The van der Waals surface area contributed by atoms with E-state index in [9.17, 15) is 4.79 Å². The predicted octanol–water partition coefficient (Wildman–Crippen LogP) is 4.24. The highest BCUT2D eigenvalue weighted by molar-refractivity contribution is 9.10. The van der Waals surface area contributed by atoms with Crippen molar-refractivity contribution in [3.05, 3.63) is 71.0 Å². The first-order chi connectivity index (χ1) is 12.2. The number of halogens is 1. The number of amides is 1. The molecule has 0 saturated carbocycles. The van der Waals surface area contributed by atoms with E-state index >= 15 is 0 Å². The molecule has 1 heterocycles. The number of hydrogen-bond acceptors (Lipinski definition) is 5. The Morgan fingerprint density at radius 3 is 2.56 bits per heavy atom. The molecule has 126 valence electrons. The summed E-state index contributed by atoms with van der Waals surface area (Å²) in [7, 11) is 1.57. The molecule has 1 aromatic heterocycles. The third kappa shape index (κ3) is 4.33. The molecule has 2 aromatic carbocycles. The normalized spacial score (nSPS) is 10.2. The summed E-state index contributed by atoms with van der Waals surface area (Å²) in [6.45, 7) is 0. The molecule has 0 spiro atoms. The lowest BCUT2D eigenvalue weighted by Crippen LogP contribution is -2.13. The van der Waals surface area contributed by atoms with Gasteiger partial charge >= 0.3 is 0 Å². The van der Waals surface area contributed by atoms with E-state index in [1.807, 2.05) is 24.3 Å². The Kier molecular flexibility index (Phi) is 5.25. The van der Waals surface area contributed by atoms with E-state index in [1.54, 1.807) is 31.4 Å². The number of nitrogens with one attached hydrogen (secondary N) is 2. The van der Waals surface area contributed by atoms with Crippen molar-refractivity contribution in [2.45, 2.75) is 0 Å². The van der Waals surface area contributed by atoms with Crippen molar-refractivity contribution in [1.82, 2.24) is 9.97 Å². The first-order valence-electron chi connectivity index (χ1n) is 7.45. The maximum absolute atomic E-state index is 12.3. The summed E-state index contributed by atoms with van der Waals surface area (Å²) >= 11 is 3.45.